The van der Waals surface area contributed by atoms with E-state index in [1.54, 1.807) is 23.6 Å². The largest absolute Gasteiger partial charge is 0.491 e. The van der Waals surface area contributed by atoms with Crippen LogP contribution in [0.3, 0.4) is 0 Å². The highest BCUT2D eigenvalue weighted by Gasteiger charge is 2.26. The van der Waals surface area contributed by atoms with Crippen molar-refractivity contribution in [1.29, 1.82) is 0 Å². The lowest BCUT2D eigenvalue weighted by atomic mass is 10.0. The molecule has 3 heterocycles. The van der Waals surface area contributed by atoms with Crippen molar-refractivity contribution in [3.8, 4) is 5.75 Å². The van der Waals surface area contributed by atoms with Crippen molar-refractivity contribution < 1.29 is 4.74 Å². The zero-order valence-electron chi connectivity index (χ0n) is 12.0. The Morgan fingerprint density at radius 1 is 1.52 bits per heavy atom. The molecule has 5 nitrogen and oxygen atoms in total. The molecule has 1 aliphatic rings. The summed E-state index contributed by atoms with van der Waals surface area (Å²) < 4.78 is 5.00. The summed E-state index contributed by atoms with van der Waals surface area (Å²) in [7, 11) is 1.51. The number of aromatic amines is 1. The van der Waals surface area contributed by atoms with Crippen molar-refractivity contribution in [2.45, 2.75) is 31.8 Å². The summed E-state index contributed by atoms with van der Waals surface area (Å²) in [6.45, 7) is 1.78. The van der Waals surface area contributed by atoms with E-state index >= 15 is 0 Å². The average Bonchev–Trinajstić information content (AvgIpc) is 3.02. The monoisotopic (exact) mass is 305 g/mol. The molecular weight excluding hydrogens is 286 g/mol. The lowest BCUT2D eigenvalue weighted by Gasteiger charge is -2.34. The number of hydrogen-bond acceptors (Lipinski definition) is 5. The highest BCUT2D eigenvalue weighted by Crippen LogP contribution is 2.32. The third-order valence-corrected chi connectivity index (χ3v) is 4.76. The van der Waals surface area contributed by atoms with Gasteiger partial charge in [0.25, 0.3) is 0 Å². The SMILES string of the molecule is COc1c[nH]c(CN2CCCCC2c2nccs2)cc1=O. The number of nitrogens with zero attached hydrogens (tertiary/aromatic N) is 2. The van der Waals surface area contributed by atoms with E-state index in [0.717, 1.165) is 25.2 Å². The van der Waals surface area contributed by atoms with E-state index in [9.17, 15) is 4.79 Å². The van der Waals surface area contributed by atoms with E-state index in [1.807, 2.05) is 11.6 Å². The summed E-state index contributed by atoms with van der Waals surface area (Å²) in [6, 6.07) is 2.00. The maximum absolute atomic E-state index is 11.8. The van der Waals surface area contributed by atoms with Gasteiger partial charge in [0.15, 0.2) is 5.75 Å². The number of likely N-dealkylation sites (tertiary alicyclic amines) is 1. The van der Waals surface area contributed by atoms with Gasteiger partial charge >= 0.3 is 0 Å². The van der Waals surface area contributed by atoms with Crippen LogP contribution in [0.15, 0.2) is 28.6 Å². The van der Waals surface area contributed by atoms with Gasteiger partial charge in [0.1, 0.15) is 5.01 Å². The van der Waals surface area contributed by atoms with E-state index in [0.29, 0.717) is 11.8 Å². The van der Waals surface area contributed by atoms with Crippen molar-refractivity contribution in [3.63, 3.8) is 0 Å². The fourth-order valence-electron chi connectivity index (χ4n) is 2.83. The molecule has 1 fully saturated rings. The molecule has 2 aromatic rings. The molecule has 1 unspecified atom stereocenters. The fraction of sp³-hybridized carbons (Fsp3) is 0.467. The lowest BCUT2D eigenvalue weighted by molar-refractivity contribution is 0.138. The zero-order chi connectivity index (χ0) is 14.7. The minimum absolute atomic E-state index is 0.0749. The maximum Gasteiger partial charge on any atom is 0.223 e. The maximum atomic E-state index is 11.8. The van der Waals surface area contributed by atoms with E-state index < -0.39 is 0 Å². The lowest BCUT2D eigenvalue weighted by Crippen LogP contribution is -2.33. The first kappa shape index (κ1) is 14.3. The van der Waals surface area contributed by atoms with Gasteiger partial charge in [-0.15, -0.1) is 11.3 Å². The molecule has 0 saturated carbocycles. The molecule has 1 N–H and O–H groups in total. The Morgan fingerprint density at radius 3 is 3.14 bits per heavy atom. The van der Waals surface area contributed by atoms with Gasteiger partial charge in [-0.25, -0.2) is 4.98 Å². The molecule has 2 aromatic heterocycles. The van der Waals surface area contributed by atoms with Crippen molar-refractivity contribution >= 4 is 11.3 Å². The Kier molecular flexibility index (Phi) is 4.36. The van der Waals surface area contributed by atoms with Gasteiger partial charge in [0, 0.05) is 36.1 Å². The Balaban J connectivity index is 1.78. The predicted octanol–water partition coefficient (Wildman–Crippen LogP) is 2.57. The molecule has 1 atom stereocenters. The Hall–Kier alpha value is -1.66. The fourth-order valence-corrected chi connectivity index (χ4v) is 3.64. The molecule has 3 rings (SSSR count). The van der Waals surface area contributed by atoms with Crippen LogP contribution in [0.5, 0.6) is 5.75 Å². The minimum atomic E-state index is -0.0749. The van der Waals surface area contributed by atoms with Crippen LogP contribution in [-0.4, -0.2) is 28.5 Å². The van der Waals surface area contributed by atoms with Crippen LogP contribution in [0, 0.1) is 0 Å². The van der Waals surface area contributed by atoms with E-state index in [1.165, 1.54) is 25.0 Å². The number of piperidine rings is 1. The van der Waals surface area contributed by atoms with Gasteiger partial charge in [-0.2, -0.15) is 0 Å². The first-order valence-corrected chi connectivity index (χ1v) is 8.05. The summed E-state index contributed by atoms with van der Waals surface area (Å²) >= 11 is 1.71. The molecule has 21 heavy (non-hydrogen) atoms. The molecule has 0 bridgehead atoms. The van der Waals surface area contributed by atoms with Crippen molar-refractivity contribution in [2.75, 3.05) is 13.7 Å². The number of pyridine rings is 1. The standard InChI is InChI=1S/C15H19N3O2S/c1-20-14-9-17-11(8-13(14)19)10-18-6-3-2-4-12(18)15-16-5-7-21-15/h5,7-9,12H,2-4,6,10H2,1H3,(H,17,19). The molecule has 112 valence electrons. The second-order valence-corrected chi connectivity index (χ2v) is 6.17. The second-order valence-electron chi connectivity index (χ2n) is 5.24. The predicted molar refractivity (Wildman–Crippen MR) is 82.7 cm³/mol. The number of H-pyrrole nitrogens is 1. The molecule has 1 saturated heterocycles. The first-order valence-electron chi connectivity index (χ1n) is 7.17. The molecule has 0 amide bonds. The highest BCUT2D eigenvalue weighted by atomic mass is 32.1. The zero-order valence-corrected chi connectivity index (χ0v) is 12.9. The van der Waals surface area contributed by atoms with Gasteiger partial charge in [0.2, 0.25) is 5.43 Å². The van der Waals surface area contributed by atoms with Crippen LogP contribution < -0.4 is 10.2 Å². The average molecular weight is 305 g/mol. The Labute approximate surface area is 127 Å². The van der Waals surface area contributed by atoms with Crippen LogP contribution in [-0.2, 0) is 6.54 Å². The van der Waals surface area contributed by atoms with Crippen LogP contribution in [0.1, 0.15) is 36.0 Å². The van der Waals surface area contributed by atoms with Gasteiger partial charge in [-0.3, -0.25) is 9.69 Å². The van der Waals surface area contributed by atoms with Crippen molar-refractivity contribution in [3.05, 3.63) is 44.8 Å². The summed E-state index contributed by atoms with van der Waals surface area (Å²) in [5.41, 5.74) is 0.846. The molecule has 6 heteroatoms. The number of rotatable bonds is 4. The summed E-state index contributed by atoms with van der Waals surface area (Å²) in [6.07, 6.45) is 7.07. The number of thiazole rings is 1. The number of nitrogens with one attached hydrogen (secondary N) is 1. The third kappa shape index (κ3) is 3.16. The molecular formula is C15H19N3O2S. The van der Waals surface area contributed by atoms with Crippen molar-refractivity contribution in [2.24, 2.45) is 0 Å². The molecule has 0 aliphatic carbocycles. The molecule has 0 radical (unpaired) electrons. The number of aromatic nitrogens is 2. The summed E-state index contributed by atoms with van der Waals surface area (Å²) in [5.74, 6) is 0.355. The van der Waals surface area contributed by atoms with Gasteiger partial charge in [-0.05, 0) is 19.4 Å². The quantitative estimate of drug-likeness (QED) is 0.943. The Morgan fingerprint density at radius 2 is 2.43 bits per heavy atom. The third-order valence-electron chi connectivity index (χ3n) is 3.88. The summed E-state index contributed by atoms with van der Waals surface area (Å²) in [4.78, 5) is 21.9. The van der Waals surface area contributed by atoms with Crippen LogP contribution >= 0.6 is 11.3 Å². The first-order chi connectivity index (χ1) is 10.3. The second kappa shape index (κ2) is 6.41. The molecule has 1 aliphatic heterocycles. The van der Waals surface area contributed by atoms with Crippen LogP contribution in [0.2, 0.25) is 0 Å². The number of hydrogen-bond donors (Lipinski definition) is 1. The van der Waals surface area contributed by atoms with Gasteiger partial charge in [0.05, 0.1) is 13.2 Å². The van der Waals surface area contributed by atoms with E-state index in [2.05, 4.69) is 14.9 Å². The minimum Gasteiger partial charge on any atom is -0.491 e. The topological polar surface area (TPSA) is 58.2 Å². The summed E-state index contributed by atoms with van der Waals surface area (Å²) in [5, 5.41) is 3.20. The molecule has 0 spiro atoms. The Bertz CT molecular complexity index is 639. The smallest absolute Gasteiger partial charge is 0.223 e. The number of ether oxygens (including phenoxy) is 1. The molecule has 0 aromatic carbocycles. The van der Waals surface area contributed by atoms with Crippen molar-refractivity contribution in [1.82, 2.24) is 14.9 Å². The van der Waals surface area contributed by atoms with Gasteiger partial charge in [-0.1, -0.05) is 6.42 Å². The van der Waals surface area contributed by atoms with E-state index in [4.69, 9.17) is 4.74 Å². The van der Waals surface area contributed by atoms with Gasteiger partial charge < -0.3 is 9.72 Å². The highest BCUT2D eigenvalue weighted by molar-refractivity contribution is 7.09. The van der Waals surface area contributed by atoms with Crippen LogP contribution in [0.4, 0.5) is 0 Å². The van der Waals surface area contributed by atoms with Crippen LogP contribution in [0.25, 0.3) is 0 Å². The normalized spacial score (nSPS) is 19.6. The van der Waals surface area contributed by atoms with E-state index in [-0.39, 0.29) is 5.43 Å². The number of methoxy groups -OCH3 is 1.